The molecule has 0 atom stereocenters. The van der Waals surface area contributed by atoms with Crippen molar-refractivity contribution in [3.8, 4) is 11.8 Å². The summed E-state index contributed by atoms with van der Waals surface area (Å²) in [5.41, 5.74) is 0.915. The summed E-state index contributed by atoms with van der Waals surface area (Å²) in [4.78, 5) is 25.0. The van der Waals surface area contributed by atoms with E-state index < -0.39 is 5.82 Å². The molecule has 0 aromatic heterocycles. The number of carbonyl (C=O) groups excluding carboxylic acids is 2. The summed E-state index contributed by atoms with van der Waals surface area (Å²) < 4.78 is 13.5. The summed E-state index contributed by atoms with van der Waals surface area (Å²) >= 11 is 0. The van der Waals surface area contributed by atoms with Crippen molar-refractivity contribution in [2.24, 2.45) is 5.92 Å². The molecule has 2 amide bonds. The maximum absolute atomic E-state index is 13.5. The molecule has 110 valence electrons. The molecule has 1 aliphatic rings. The number of imide groups is 1. The summed E-state index contributed by atoms with van der Waals surface area (Å²) in [6.07, 6.45) is 0.663. The highest BCUT2D eigenvalue weighted by atomic mass is 19.1. The van der Waals surface area contributed by atoms with Crippen molar-refractivity contribution in [2.45, 2.75) is 26.3 Å². The van der Waals surface area contributed by atoms with E-state index in [4.69, 9.17) is 5.11 Å². The Morgan fingerprint density at radius 3 is 2.57 bits per heavy atom. The van der Waals surface area contributed by atoms with Crippen LogP contribution in [0.15, 0.2) is 18.2 Å². The maximum atomic E-state index is 13.5. The van der Waals surface area contributed by atoms with Gasteiger partial charge in [0.1, 0.15) is 12.4 Å². The van der Waals surface area contributed by atoms with Gasteiger partial charge in [0.2, 0.25) is 11.8 Å². The quantitative estimate of drug-likeness (QED) is 0.662. The van der Waals surface area contributed by atoms with Crippen molar-refractivity contribution < 1.29 is 19.1 Å². The van der Waals surface area contributed by atoms with Gasteiger partial charge < -0.3 is 5.11 Å². The van der Waals surface area contributed by atoms with Gasteiger partial charge in [-0.15, -0.1) is 0 Å². The smallest absolute Gasteiger partial charge is 0.229 e. The molecule has 1 aliphatic heterocycles. The predicted octanol–water partition coefficient (Wildman–Crippen LogP) is 1.45. The van der Waals surface area contributed by atoms with Crippen LogP contribution < -0.4 is 0 Å². The van der Waals surface area contributed by atoms with Gasteiger partial charge in [-0.3, -0.25) is 14.5 Å². The molecule has 0 unspecified atom stereocenters. The Kier molecular flexibility index (Phi) is 4.71. The van der Waals surface area contributed by atoms with Gasteiger partial charge in [-0.2, -0.15) is 0 Å². The van der Waals surface area contributed by atoms with Gasteiger partial charge in [-0.05, 0) is 29.7 Å². The molecule has 5 heteroatoms. The second-order valence-electron chi connectivity index (χ2n) is 5.20. The lowest BCUT2D eigenvalue weighted by molar-refractivity contribution is -0.150. The van der Waals surface area contributed by atoms with Gasteiger partial charge in [0.25, 0.3) is 0 Å². The lowest BCUT2D eigenvalue weighted by Gasteiger charge is -2.28. The molecule has 0 bridgehead atoms. The first kappa shape index (κ1) is 15.2. The number of nitrogens with zero attached hydrogens (tertiary/aromatic N) is 1. The topological polar surface area (TPSA) is 57.6 Å². The van der Waals surface area contributed by atoms with E-state index in [0.717, 1.165) is 4.90 Å². The summed E-state index contributed by atoms with van der Waals surface area (Å²) in [5, 5.41) is 8.66. The predicted molar refractivity (Wildman–Crippen MR) is 74.3 cm³/mol. The molecule has 4 nitrogen and oxygen atoms in total. The number of hydrogen-bond donors (Lipinski definition) is 1. The van der Waals surface area contributed by atoms with E-state index >= 15 is 0 Å². The van der Waals surface area contributed by atoms with Crippen LogP contribution in [-0.4, -0.2) is 28.4 Å². The van der Waals surface area contributed by atoms with Crippen LogP contribution in [0.4, 0.5) is 4.39 Å². The zero-order valence-corrected chi connectivity index (χ0v) is 11.7. The van der Waals surface area contributed by atoms with E-state index in [9.17, 15) is 14.0 Å². The van der Waals surface area contributed by atoms with Gasteiger partial charge in [0, 0.05) is 18.4 Å². The summed E-state index contributed by atoms with van der Waals surface area (Å²) in [7, 11) is 0. The van der Waals surface area contributed by atoms with Crippen molar-refractivity contribution in [3.63, 3.8) is 0 Å². The van der Waals surface area contributed by atoms with Gasteiger partial charge in [-0.1, -0.05) is 18.8 Å². The summed E-state index contributed by atoms with van der Waals surface area (Å²) in [6, 6.07) is 4.14. The van der Waals surface area contributed by atoms with Crippen molar-refractivity contribution in [1.29, 1.82) is 0 Å². The highest BCUT2D eigenvalue weighted by molar-refractivity contribution is 5.97. The molecule has 1 saturated heterocycles. The Hall–Kier alpha value is -2.19. The molecular weight excluding hydrogens is 273 g/mol. The second-order valence-corrected chi connectivity index (χ2v) is 5.20. The average molecular weight is 289 g/mol. The number of rotatable bonds is 2. The van der Waals surface area contributed by atoms with Crippen LogP contribution >= 0.6 is 0 Å². The largest absolute Gasteiger partial charge is 0.384 e. The van der Waals surface area contributed by atoms with Gasteiger partial charge in [0.15, 0.2) is 0 Å². The molecule has 1 fully saturated rings. The lowest BCUT2D eigenvalue weighted by Crippen LogP contribution is -2.42. The van der Waals surface area contributed by atoms with E-state index in [0.29, 0.717) is 24.0 Å². The molecular formula is C16H16FNO3. The van der Waals surface area contributed by atoms with Crippen LogP contribution in [0, 0.1) is 23.6 Å². The lowest BCUT2D eigenvalue weighted by atomic mass is 9.97. The number of amides is 2. The summed E-state index contributed by atoms with van der Waals surface area (Å²) in [5.74, 6) is 4.16. The molecule has 0 saturated carbocycles. The third-order valence-electron chi connectivity index (χ3n) is 3.26. The molecule has 0 spiro atoms. The Balaban J connectivity index is 2.21. The fourth-order valence-corrected chi connectivity index (χ4v) is 2.34. The van der Waals surface area contributed by atoms with Gasteiger partial charge >= 0.3 is 0 Å². The molecule has 1 aromatic rings. The molecule has 0 radical (unpaired) electrons. The van der Waals surface area contributed by atoms with Crippen molar-refractivity contribution >= 4 is 11.8 Å². The Bertz CT molecular complexity index is 612. The number of halogens is 1. The minimum atomic E-state index is -0.486. The van der Waals surface area contributed by atoms with Crippen LogP contribution in [0.3, 0.4) is 0 Å². The molecule has 0 aliphatic carbocycles. The fraction of sp³-hybridized carbons (Fsp3) is 0.375. The Morgan fingerprint density at radius 1 is 1.29 bits per heavy atom. The number of likely N-dealkylation sites (tertiary alicyclic amines) is 1. The normalized spacial score (nSPS) is 15.9. The number of aliphatic hydroxyl groups excluding tert-OH is 1. The summed E-state index contributed by atoms with van der Waals surface area (Å²) in [6.45, 7) is 1.60. The molecule has 1 N–H and O–H groups in total. The SMILES string of the molecule is CC1CC(=O)N(Cc2cc(F)cc(C#CCO)c2)C(=O)C1. The van der Waals surface area contributed by atoms with Crippen LogP contribution in [0.2, 0.25) is 0 Å². The van der Waals surface area contributed by atoms with Gasteiger partial charge in [-0.25, -0.2) is 4.39 Å². The third-order valence-corrected chi connectivity index (χ3v) is 3.26. The first-order valence-electron chi connectivity index (χ1n) is 6.72. The number of piperidine rings is 1. The standard InChI is InChI=1S/C16H16FNO3/c1-11-5-15(20)18(16(21)6-11)10-13-7-12(3-2-4-19)8-14(17)9-13/h7-9,11,19H,4-6,10H2,1H3. The van der Waals surface area contributed by atoms with Crippen LogP contribution in [0.5, 0.6) is 0 Å². The minimum absolute atomic E-state index is 0.0515. The average Bonchev–Trinajstić information content (AvgIpc) is 2.40. The first-order chi connectivity index (χ1) is 9.99. The van der Waals surface area contributed by atoms with Crippen molar-refractivity contribution in [1.82, 2.24) is 4.90 Å². The third kappa shape index (κ3) is 3.89. The Morgan fingerprint density at radius 2 is 1.95 bits per heavy atom. The van der Waals surface area contributed by atoms with Crippen molar-refractivity contribution in [3.05, 3.63) is 35.1 Å². The van der Waals surface area contributed by atoms with E-state index in [1.807, 2.05) is 6.92 Å². The van der Waals surface area contributed by atoms with E-state index in [1.54, 1.807) is 6.07 Å². The maximum Gasteiger partial charge on any atom is 0.229 e. The number of aliphatic hydroxyl groups is 1. The van der Waals surface area contributed by atoms with Crippen LogP contribution in [0.1, 0.15) is 30.9 Å². The monoisotopic (exact) mass is 289 g/mol. The second kappa shape index (κ2) is 6.51. The van der Waals surface area contributed by atoms with Crippen molar-refractivity contribution in [2.75, 3.05) is 6.61 Å². The molecule has 1 heterocycles. The molecule has 2 rings (SSSR count). The minimum Gasteiger partial charge on any atom is -0.384 e. The number of carbonyl (C=O) groups is 2. The molecule has 1 aromatic carbocycles. The van der Waals surface area contributed by atoms with Crippen LogP contribution in [0.25, 0.3) is 0 Å². The fourth-order valence-electron chi connectivity index (χ4n) is 2.34. The van der Waals surface area contributed by atoms with Crippen LogP contribution in [-0.2, 0) is 16.1 Å². The van der Waals surface area contributed by atoms with E-state index in [2.05, 4.69) is 11.8 Å². The van der Waals surface area contributed by atoms with Gasteiger partial charge in [0.05, 0.1) is 6.54 Å². The Labute approximate surface area is 122 Å². The highest BCUT2D eigenvalue weighted by Gasteiger charge is 2.30. The number of benzene rings is 1. The zero-order valence-electron chi connectivity index (χ0n) is 11.7. The molecule has 21 heavy (non-hydrogen) atoms. The van der Waals surface area contributed by atoms with E-state index in [1.165, 1.54) is 12.1 Å². The van der Waals surface area contributed by atoms with E-state index in [-0.39, 0.29) is 30.9 Å². The number of hydrogen-bond acceptors (Lipinski definition) is 3. The highest BCUT2D eigenvalue weighted by Crippen LogP contribution is 2.21. The zero-order chi connectivity index (χ0) is 15.4. The first-order valence-corrected chi connectivity index (χ1v) is 6.72.